The molecule has 2 heterocycles. The van der Waals surface area contributed by atoms with Gasteiger partial charge in [0.2, 0.25) is 0 Å². The fourth-order valence-electron chi connectivity index (χ4n) is 3.85. The summed E-state index contributed by atoms with van der Waals surface area (Å²) in [7, 11) is 6.62. The SMILES string of the molecule is COc1c(Cl)cc(/C(O)=C2\C(=O)C(=O)N(CCCN(C)C)C2c2ccncc2)c(OC)c1Cl. The van der Waals surface area contributed by atoms with Crippen molar-refractivity contribution in [3.63, 3.8) is 0 Å². The molecule has 2 aromatic rings. The number of rotatable bonds is 8. The second-order valence-electron chi connectivity index (χ2n) is 7.72. The van der Waals surface area contributed by atoms with Crippen LogP contribution in [0.15, 0.2) is 36.2 Å². The van der Waals surface area contributed by atoms with Crippen molar-refractivity contribution in [1.82, 2.24) is 14.8 Å². The van der Waals surface area contributed by atoms with Gasteiger partial charge < -0.3 is 24.4 Å². The van der Waals surface area contributed by atoms with Crippen LogP contribution in [0.1, 0.15) is 23.6 Å². The molecule has 8 nitrogen and oxygen atoms in total. The number of aromatic nitrogens is 1. The lowest BCUT2D eigenvalue weighted by Crippen LogP contribution is -2.32. The van der Waals surface area contributed by atoms with Gasteiger partial charge in [-0.2, -0.15) is 0 Å². The number of pyridine rings is 1. The van der Waals surface area contributed by atoms with Crippen LogP contribution in [-0.4, -0.2) is 73.0 Å². The van der Waals surface area contributed by atoms with Gasteiger partial charge in [-0.3, -0.25) is 14.6 Å². The highest BCUT2D eigenvalue weighted by molar-refractivity contribution is 6.47. The van der Waals surface area contributed by atoms with Crippen molar-refractivity contribution in [3.05, 3.63) is 57.3 Å². The van der Waals surface area contributed by atoms with Gasteiger partial charge in [0.25, 0.3) is 11.7 Å². The maximum Gasteiger partial charge on any atom is 0.295 e. The van der Waals surface area contributed by atoms with Crippen LogP contribution in [-0.2, 0) is 9.59 Å². The number of hydrogen-bond acceptors (Lipinski definition) is 7. The van der Waals surface area contributed by atoms with Gasteiger partial charge in [-0.1, -0.05) is 23.2 Å². The fraction of sp³-hybridized carbons (Fsp3) is 0.348. The molecular weight excluding hydrogens is 469 g/mol. The van der Waals surface area contributed by atoms with Crippen LogP contribution in [0, 0.1) is 0 Å². The van der Waals surface area contributed by atoms with E-state index in [-0.39, 0.29) is 32.7 Å². The Morgan fingerprint density at radius 2 is 1.79 bits per heavy atom. The van der Waals surface area contributed by atoms with Crippen molar-refractivity contribution in [1.29, 1.82) is 0 Å². The van der Waals surface area contributed by atoms with E-state index in [1.54, 1.807) is 24.5 Å². The Balaban J connectivity index is 2.20. The molecule has 0 saturated carbocycles. The second-order valence-corrected chi connectivity index (χ2v) is 8.50. The summed E-state index contributed by atoms with van der Waals surface area (Å²) in [5.41, 5.74) is 0.644. The number of Topliss-reactive ketones (excluding diaryl/α,β-unsaturated/α-hetero) is 1. The topological polar surface area (TPSA) is 92.2 Å². The number of likely N-dealkylation sites (tertiary alicyclic amines) is 1. The minimum Gasteiger partial charge on any atom is -0.507 e. The summed E-state index contributed by atoms with van der Waals surface area (Å²) in [6, 6.07) is 3.99. The minimum atomic E-state index is -0.806. The van der Waals surface area contributed by atoms with Crippen molar-refractivity contribution < 1.29 is 24.2 Å². The van der Waals surface area contributed by atoms with Crippen molar-refractivity contribution in [2.75, 3.05) is 41.4 Å². The van der Waals surface area contributed by atoms with Crippen molar-refractivity contribution in [3.8, 4) is 11.5 Å². The predicted octanol–water partition coefficient (Wildman–Crippen LogP) is 3.78. The summed E-state index contributed by atoms with van der Waals surface area (Å²) in [5.74, 6) is -1.69. The van der Waals surface area contributed by atoms with Crippen LogP contribution in [0.3, 0.4) is 0 Å². The van der Waals surface area contributed by atoms with E-state index in [0.29, 0.717) is 18.5 Å². The molecule has 1 atom stereocenters. The van der Waals surface area contributed by atoms with Gasteiger partial charge in [-0.05, 0) is 50.8 Å². The van der Waals surface area contributed by atoms with E-state index in [9.17, 15) is 14.7 Å². The Bertz CT molecular complexity index is 1090. The van der Waals surface area contributed by atoms with E-state index in [0.717, 1.165) is 6.54 Å². The van der Waals surface area contributed by atoms with Crippen LogP contribution >= 0.6 is 23.2 Å². The van der Waals surface area contributed by atoms with Crippen LogP contribution in [0.5, 0.6) is 11.5 Å². The molecule has 0 spiro atoms. The molecule has 1 N–H and O–H groups in total. The van der Waals surface area contributed by atoms with Crippen LogP contribution in [0.25, 0.3) is 5.76 Å². The van der Waals surface area contributed by atoms with E-state index < -0.39 is 23.5 Å². The maximum atomic E-state index is 13.1. The number of carbonyl (C=O) groups excluding carboxylic acids is 2. The first-order valence-corrected chi connectivity index (χ1v) is 10.9. The van der Waals surface area contributed by atoms with Crippen molar-refractivity contribution in [2.45, 2.75) is 12.5 Å². The maximum absolute atomic E-state index is 13.1. The van der Waals surface area contributed by atoms with Crippen molar-refractivity contribution in [2.24, 2.45) is 0 Å². The summed E-state index contributed by atoms with van der Waals surface area (Å²) in [4.78, 5) is 33.6. The number of methoxy groups -OCH3 is 2. The van der Waals surface area contributed by atoms with Gasteiger partial charge in [-0.15, -0.1) is 0 Å². The first-order valence-electron chi connectivity index (χ1n) is 10.2. The van der Waals surface area contributed by atoms with Crippen LogP contribution in [0.2, 0.25) is 10.0 Å². The zero-order chi connectivity index (χ0) is 24.3. The molecule has 33 heavy (non-hydrogen) atoms. The number of aliphatic hydroxyl groups excluding tert-OH is 1. The first kappa shape index (κ1) is 24.8. The largest absolute Gasteiger partial charge is 0.507 e. The molecule has 1 aromatic carbocycles. The highest BCUT2D eigenvalue weighted by Gasteiger charge is 2.46. The molecule has 1 fully saturated rings. The Morgan fingerprint density at radius 3 is 2.36 bits per heavy atom. The Labute approximate surface area is 202 Å². The Morgan fingerprint density at radius 1 is 1.15 bits per heavy atom. The Hall–Kier alpha value is -2.81. The summed E-state index contributed by atoms with van der Waals surface area (Å²) >= 11 is 12.7. The normalized spacial score (nSPS) is 17.7. The molecule has 176 valence electrons. The van der Waals surface area contributed by atoms with E-state index in [4.69, 9.17) is 32.7 Å². The highest BCUT2D eigenvalue weighted by atomic mass is 35.5. The molecule has 3 rings (SSSR count). The molecule has 0 bridgehead atoms. The standard InChI is InChI=1S/C23H25Cl2N3O5/c1-27(2)10-5-11-28-18(13-6-8-26-9-7-13)16(20(30)23(28)31)19(29)14-12-15(24)22(33-4)17(25)21(14)32-3/h6-9,12,18,29H,5,10-11H2,1-4H3/b19-16+. The van der Waals surface area contributed by atoms with Gasteiger partial charge in [0.15, 0.2) is 11.5 Å². The number of amides is 1. The third-order valence-electron chi connectivity index (χ3n) is 5.36. The molecular formula is C23H25Cl2N3O5. The molecule has 10 heteroatoms. The summed E-state index contributed by atoms with van der Waals surface area (Å²) in [5, 5.41) is 11.5. The predicted molar refractivity (Wildman–Crippen MR) is 126 cm³/mol. The summed E-state index contributed by atoms with van der Waals surface area (Å²) < 4.78 is 10.6. The van der Waals surface area contributed by atoms with Gasteiger partial charge in [0.1, 0.15) is 10.8 Å². The fourth-order valence-corrected chi connectivity index (χ4v) is 4.54. The summed E-state index contributed by atoms with van der Waals surface area (Å²) in [6.07, 6.45) is 3.78. The number of aliphatic hydroxyl groups is 1. The zero-order valence-corrected chi connectivity index (χ0v) is 20.3. The van der Waals surface area contributed by atoms with E-state index >= 15 is 0 Å². The van der Waals surface area contributed by atoms with Crippen LogP contribution < -0.4 is 9.47 Å². The van der Waals surface area contributed by atoms with Gasteiger partial charge in [0.05, 0.1) is 36.4 Å². The number of halogens is 2. The van der Waals surface area contributed by atoms with Crippen LogP contribution in [0.4, 0.5) is 0 Å². The highest BCUT2D eigenvalue weighted by Crippen LogP contribution is 2.47. The quantitative estimate of drug-likeness (QED) is 0.339. The number of carbonyl (C=O) groups is 2. The van der Waals surface area contributed by atoms with E-state index in [1.165, 1.54) is 25.2 Å². The minimum absolute atomic E-state index is 0.0368. The monoisotopic (exact) mass is 493 g/mol. The Kier molecular flexibility index (Phi) is 7.84. The molecule has 0 aliphatic carbocycles. The second kappa shape index (κ2) is 10.4. The number of nitrogens with zero attached hydrogens (tertiary/aromatic N) is 3. The van der Waals surface area contributed by atoms with E-state index in [1.807, 2.05) is 19.0 Å². The average molecular weight is 494 g/mol. The molecule has 1 aliphatic heterocycles. The average Bonchev–Trinajstić information content (AvgIpc) is 3.04. The number of ketones is 1. The third-order valence-corrected chi connectivity index (χ3v) is 5.98. The number of ether oxygens (including phenoxy) is 2. The molecule has 0 radical (unpaired) electrons. The number of hydrogen-bond donors (Lipinski definition) is 1. The summed E-state index contributed by atoms with van der Waals surface area (Å²) in [6.45, 7) is 1.05. The number of benzene rings is 1. The lowest BCUT2D eigenvalue weighted by molar-refractivity contribution is -0.139. The van der Waals surface area contributed by atoms with Gasteiger partial charge in [0, 0.05) is 18.9 Å². The van der Waals surface area contributed by atoms with Gasteiger partial charge >= 0.3 is 0 Å². The lowest BCUT2D eigenvalue weighted by atomic mass is 9.95. The van der Waals surface area contributed by atoms with E-state index in [2.05, 4.69) is 4.98 Å². The molecule has 1 aliphatic rings. The molecule has 1 aromatic heterocycles. The molecule has 1 unspecified atom stereocenters. The van der Waals surface area contributed by atoms with Gasteiger partial charge in [-0.25, -0.2) is 0 Å². The molecule has 1 saturated heterocycles. The lowest BCUT2D eigenvalue weighted by Gasteiger charge is -2.26. The zero-order valence-electron chi connectivity index (χ0n) is 18.8. The third kappa shape index (κ3) is 4.78. The van der Waals surface area contributed by atoms with Crippen molar-refractivity contribution >= 4 is 40.7 Å². The smallest absolute Gasteiger partial charge is 0.295 e. The molecule has 1 amide bonds. The first-order chi connectivity index (χ1) is 15.7.